The molecule has 1 atom stereocenters. The molecule has 0 aromatic heterocycles. The molecule has 5 nitrogen and oxygen atoms in total. The van der Waals surface area contributed by atoms with E-state index in [1.54, 1.807) is 4.90 Å². The van der Waals surface area contributed by atoms with Crippen molar-refractivity contribution in [3.63, 3.8) is 0 Å². The zero-order valence-corrected chi connectivity index (χ0v) is 15.2. The van der Waals surface area contributed by atoms with E-state index in [4.69, 9.17) is 0 Å². The van der Waals surface area contributed by atoms with Gasteiger partial charge in [-0.1, -0.05) is 22.4 Å². The van der Waals surface area contributed by atoms with E-state index in [9.17, 15) is 17.9 Å². The molecule has 2 aliphatic rings. The number of anilines is 1. The smallest absolute Gasteiger partial charge is 0.253 e. The maximum atomic E-state index is 13.0. The van der Waals surface area contributed by atoms with Gasteiger partial charge in [0, 0.05) is 24.1 Å². The molecule has 2 heterocycles. The quantitative estimate of drug-likeness (QED) is 0.759. The Morgan fingerprint density at radius 3 is 2.42 bits per heavy atom. The predicted molar refractivity (Wildman–Crippen MR) is 97.0 cm³/mol. The van der Waals surface area contributed by atoms with Gasteiger partial charge < -0.3 is 9.45 Å². The van der Waals surface area contributed by atoms with E-state index in [1.165, 1.54) is 34.8 Å². The Morgan fingerprint density at radius 2 is 1.77 bits per heavy atom. The second kappa shape index (κ2) is 5.89. The van der Waals surface area contributed by atoms with Gasteiger partial charge in [-0.2, -0.15) is 4.31 Å². The molecule has 1 spiro atoms. The number of carbonyl (C=O) groups excluding carboxylic acids is 1. The first-order valence-corrected chi connectivity index (χ1v) is 10.2. The summed E-state index contributed by atoms with van der Waals surface area (Å²) in [6, 6.07) is 13.0. The number of carbonyl (C=O) groups is 1. The first-order chi connectivity index (χ1) is 12.3. The average Bonchev–Trinajstić information content (AvgIpc) is 2.58. The fourth-order valence-electron chi connectivity index (χ4n) is 3.94. The highest BCUT2D eigenvalue weighted by Gasteiger charge is 2.51. The fraction of sp³-hybridized carbons (Fsp3) is 0.316. The van der Waals surface area contributed by atoms with Crippen LogP contribution in [0, 0.1) is 11.2 Å². The summed E-state index contributed by atoms with van der Waals surface area (Å²) in [5.74, 6) is -0.533. The molecule has 7 heteroatoms. The molecule has 2 aromatic carbocycles. The summed E-state index contributed by atoms with van der Waals surface area (Å²) in [4.78, 5) is 14.3. The number of halogens is 1. The minimum absolute atomic E-state index is 0.152. The summed E-state index contributed by atoms with van der Waals surface area (Å²) < 4.78 is 39.0. The molecular weight excluding hydrogens is 355 g/mol. The number of benzene rings is 2. The highest BCUT2D eigenvalue weighted by atomic mass is 32.3. The topological polar surface area (TPSA) is 63.7 Å². The Hall–Kier alpha value is -2.25. The van der Waals surface area contributed by atoms with Crippen LogP contribution in [0.15, 0.2) is 48.5 Å². The van der Waals surface area contributed by atoms with Crippen LogP contribution < -0.4 is 4.31 Å². The van der Waals surface area contributed by atoms with E-state index in [0.29, 0.717) is 25.2 Å². The van der Waals surface area contributed by atoms with Crippen LogP contribution >= 0.6 is 0 Å². The monoisotopic (exact) mass is 374 g/mol. The maximum absolute atomic E-state index is 13.0. The van der Waals surface area contributed by atoms with E-state index in [1.807, 2.05) is 24.3 Å². The second-order valence-electron chi connectivity index (χ2n) is 7.24. The van der Waals surface area contributed by atoms with Gasteiger partial charge in [0.2, 0.25) is 0 Å². The molecule has 1 amide bonds. The molecular formula is C19H19FN2O3S. The zero-order chi connectivity index (χ0) is 18.5. The van der Waals surface area contributed by atoms with Gasteiger partial charge in [-0.3, -0.25) is 4.79 Å². The first kappa shape index (κ1) is 17.2. The van der Waals surface area contributed by atoms with Crippen molar-refractivity contribution < 1.29 is 17.9 Å². The Labute approximate surface area is 152 Å². The van der Waals surface area contributed by atoms with Gasteiger partial charge >= 0.3 is 0 Å². The molecule has 136 valence electrons. The Balaban J connectivity index is 1.56. The Kier molecular flexibility index (Phi) is 3.89. The highest BCUT2D eigenvalue weighted by molar-refractivity contribution is 7.98. The largest absolute Gasteiger partial charge is 0.593 e. The molecule has 0 radical (unpaired) electrons. The van der Waals surface area contributed by atoms with Crippen molar-refractivity contribution in [2.24, 2.45) is 5.41 Å². The minimum Gasteiger partial charge on any atom is -0.593 e. The van der Waals surface area contributed by atoms with Crippen LogP contribution in [0.5, 0.6) is 0 Å². The SMILES string of the molecule is C[S+](=O)([O-])N1CC2(Cc3ccccc31)CN(C(=O)c1ccc(F)cc1)C2. The van der Waals surface area contributed by atoms with Crippen LogP contribution in [0.25, 0.3) is 0 Å². The first-order valence-electron chi connectivity index (χ1n) is 8.38. The van der Waals surface area contributed by atoms with Crippen molar-refractivity contribution in [2.75, 3.05) is 30.2 Å². The summed E-state index contributed by atoms with van der Waals surface area (Å²) in [6.45, 7) is 1.35. The van der Waals surface area contributed by atoms with Gasteiger partial charge in [-0.15, -0.1) is 0 Å². The average molecular weight is 374 g/mol. The van der Waals surface area contributed by atoms with Crippen LogP contribution in [0.3, 0.4) is 0 Å². The third-order valence-corrected chi connectivity index (χ3v) is 6.26. The van der Waals surface area contributed by atoms with Gasteiger partial charge in [0.1, 0.15) is 22.5 Å². The van der Waals surface area contributed by atoms with Crippen molar-refractivity contribution >= 4 is 22.0 Å². The Bertz CT molecular complexity index is 903. The lowest BCUT2D eigenvalue weighted by molar-refractivity contribution is 0.00909. The number of fused-ring (bicyclic) bond motifs is 1. The number of rotatable bonds is 2. The van der Waals surface area contributed by atoms with E-state index >= 15 is 0 Å². The van der Waals surface area contributed by atoms with Crippen LogP contribution in [-0.2, 0) is 21.0 Å². The number of hydrogen-bond acceptors (Lipinski definition) is 3. The molecule has 0 N–H and O–H groups in total. The summed E-state index contributed by atoms with van der Waals surface area (Å²) >= 11 is 0. The lowest BCUT2D eigenvalue weighted by Crippen LogP contribution is -2.65. The summed E-state index contributed by atoms with van der Waals surface area (Å²) in [7, 11) is -3.39. The van der Waals surface area contributed by atoms with Gasteiger partial charge in [-0.25, -0.2) is 4.39 Å². The number of amides is 1. The second-order valence-corrected chi connectivity index (χ2v) is 9.15. The molecule has 1 fully saturated rings. The summed E-state index contributed by atoms with van der Waals surface area (Å²) in [5, 5.41) is 0. The predicted octanol–water partition coefficient (Wildman–Crippen LogP) is 2.51. The van der Waals surface area contributed by atoms with Gasteiger partial charge in [-0.05, 0) is 42.3 Å². The van der Waals surface area contributed by atoms with Crippen LogP contribution in [0.4, 0.5) is 10.1 Å². The molecule has 1 unspecified atom stereocenters. The normalized spacial score (nSPS) is 20.3. The maximum Gasteiger partial charge on any atom is 0.253 e. The van der Waals surface area contributed by atoms with E-state index in [2.05, 4.69) is 0 Å². The number of nitrogens with zero attached hydrogens (tertiary/aromatic N) is 2. The van der Waals surface area contributed by atoms with Crippen LogP contribution in [0.1, 0.15) is 15.9 Å². The van der Waals surface area contributed by atoms with Gasteiger partial charge in [0.15, 0.2) is 0 Å². The van der Waals surface area contributed by atoms with Crippen molar-refractivity contribution in [1.29, 1.82) is 0 Å². The van der Waals surface area contributed by atoms with Crippen molar-refractivity contribution in [3.05, 3.63) is 65.5 Å². The Morgan fingerprint density at radius 1 is 1.12 bits per heavy atom. The molecule has 2 aliphatic heterocycles. The molecule has 0 aliphatic carbocycles. The van der Waals surface area contributed by atoms with Crippen LogP contribution in [-0.4, -0.2) is 41.2 Å². The van der Waals surface area contributed by atoms with E-state index < -0.39 is 10.4 Å². The fourth-order valence-corrected chi connectivity index (χ4v) is 4.99. The zero-order valence-electron chi connectivity index (χ0n) is 14.4. The van der Waals surface area contributed by atoms with Crippen molar-refractivity contribution in [2.45, 2.75) is 6.42 Å². The number of hydrogen-bond donors (Lipinski definition) is 0. The van der Waals surface area contributed by atoms with Gasteiger partial charge in [0.05, 0.1) is 12.2 Å². The molecule has 0 bridgehead atoms. The molecule has 0 saturated carbocycles. The molecule has 2 aromatic rings. The van der Waals surface area contributed by atoms with Gasteiger partial charge in [0.25, 0.3) is 5.91 Å². The third kappa shape index (κ3) is 2.91. The van der Waals surface area contributed by atoms with E-state index in [0.717, 1.165) is 17.7 Å². The number of sulfonamides is 1. The van der Waals surface area contributed by atoms with E-state index in [-0.39, 0.29) is 17.1 Å². The summed E-state index contributed by atoms with van der Waals surface area (Å²) in [5.41, 5.74) is 1.88. The van der Waals surface area contributed by atoms with Crippen LogP contribution in [0.2, 0.25) is 0 Å². The molecule has 26 heavy (non-hydrogen) atoms. The van der Waals surface area contributed by atoms with Crippen molar-refractivity contribution in [3.8, 4) is 0 Å². The number of para-hydroxylation sites is 1. The lowest BCUT2D eigenvalue weighted by atomic mass is 9.72. The number of likely N-dealkylation sites (tertiary alicyclic amines) is 1. The third-order valence-electron chi connectivity index (χ3n) is 5.14. The summed E-state index contributed by atoms with van der Waals surface area (Å²) in [6.07, 6.45) is 1.95. The highest BCUT2D eigenvalue weighted by Crippen LogP contribution is 2.44. The molecule has 4 rings (SSSR count). The molecule has 1 saturated heterocycles. The van der Waals surface area contributed by atoms with Crippen molar-refractivity contribution in [1.82, 2.24) is 4.90 Å². The standard InChI is InChI=1S/C19H19FN2O3S/c1-26(24,25)22-13-19(10-15-4-2-3-5-17(15)22)11-21(12-19)18(23)14-6-8-16(20)9-7-14/h2-9H,10-13H2,1H3. The lowest BCUT2D eigenvalue weighted by Gasteiger charge is -2.54. The minimum atomic E-state index is -3.39.